The number of rotatable bonds is 2. The summed E-state index contributed by atoms with van der Waals surface area (Å²) < 4.78 is 0. The highest BCUT2D eigenvalue weighted by Gasteiger charge is 2.38. The fourth-order valence-electron chi connectivity index (χ4n) is 2.96. The van der Waals surface area contributed by atoms with E-state index in [4.69, 9.17) is 0 Å². The molecular weight excluding hydrogens is 256 g/mol. The van der Waals surface area contributed by atoms with Gasteiger partial charge in [0.1, 0.15) is 0 Å². The summed E-state index contributed by atoms with van der Waals surface area (Å²) in [5.41, 5.74) is 2.23. The predicted octanol–water partition coefficient (Wildman–Crippen LogP) is -0.479. The molecule has 106 valence electrons. The number of benzene rings is 1. The third-order valence-corrected chi connectivity index (χ3v) is 4.17. The molecule has 0 aromatic heterocycles. The Morgan fingerprint density at radius 2 is 2.00 bits per heavy atom. The number of quaternary nitrogens is 1. The number of carbonyl (C=O) groups excluding carboxylic acids is 2. The fourth-order valence-corrected chi connectivity index (χ4v) is 2.96. The monoisotopic (exact) mass is 275 g/mol. The van der Waals surface area contributed by atoms with E-state index in [1.807, 2.05) is 19.1 Å². The van der Waals surface area contributed by atoms with Crippen LogP contribution in [0.3, 0.4) is 0 Å². The van der Waals surface area contributed by atoms with Crippen LogP contribution in [0.1, 0.15) is 28.8 Å². The Morgan fingerprint density at radius 1 is 1.30 bits per heavy atom. The Bertz CT molecular complexity index is 562. The molecule has 1 amide bonds. The van der Waals surface area contributed by atoms with Crippen molar-refractivity contribution in [3.05, 3.63) is 29.3 Å². The summed E-state index contributed by atoms with van der Waals surface area (Å²) in [4.78, 5) is 27.0. The third kappa shape index (κ3) is 2.23. The second-order valence-corrected chi connectivity index (χ2v) is 5.72. The lowest BCUT2D eigenvalue weighted by molar-refractivity contribution is -0.904. The summed E-state index contributed by atoms with van der Waals surface area (Å²) in [5, 5.41) is 9.52. The molecule has 5 heteroatoms. The molecule has 0 spiro atoms. The molecule has 2 aliphatic heterocycles. The Balaban J connectivity index is 1.81. The smallest absolute Gasteiger partial charge is 0.303 e. The molecule has 0 aliphatic carbocycles. The van der Waals surface area contributed by atoms with Crippen LogP contribution in [0.2, 0.25) is 0 Å². The molecule has 2 aliphatic rings. The lowest BCUT2D eigenvalue weighted by atomic mass is 10.1. The molecule has 1 aromatic rings. The van der Waals surface area contributed by atoms with E-state index in [0.717, 1.165) is 37.2 Å². The number of aliphatic hydroxyl groups is 1. The van der Waals surface area contributed by atoms with Crippen molar-refractivity contribution >= 4 is 17.4 Å². The van der Waals surface area contributed by atoms with Gasteiger partial charge in [-0.3, -0.25) is 14.5 Å². The average Bonchev–Trinajstić information content (AvgIpc) is 2.66. The van der Waals surface area contributed by atoms with Crippen LogP contribution in [0.5, 0.6) is 0 Å². The molecule has 1 aromatic carbocycles. The minimum atomic E-state index is -0.427. The molecule has 0 unspecified atom stereocenters. The van der Waals surface area contributed by atoms with Crippen molar-refractivity contribution in [1.29, 1.82) is 0 Å². The molecule has 0 saturated carbocycles. The van der Waals surface area contributed by atoms with Gasteiger partial charge in [-0.2, -0.15) is 0 Å². The molecule has 1 fully saturated rings. The number of aryl methyl sites for hydroxylation is 1. The van der Waals surface area contributed by atoms with Crippen molar-refractivity contribution in [1.82, 2.24) is 0 Å². The molecular formula is C15H19N2O3+. The van der Waals surface area contributed by atoms with Gasteiger partial charge in [0, 0.05) is 12.8 Å². The first-order valence-electron chi connectivity index (χ1n) is 7.05. The number of hydrogen-bond acceptors (Lipinski definition) is 3. The second kappa shape index (κ2) is 5.00. The van der Waals surface area contributed by atoms with Crippen molar-refractivity contribution in [3.8, 4) is 0 Å². The summed E-state index contributed by atoms with van der Waals surface area (Å²) in [6.07, 6.45) is 1.29. The number of anilines is 1. The van der Waals surface area contributed by atoms with Gasteiger partial charge < -0.3 is 10.0 Å². The molecule has 2 N–H and O–H groups in total. The van der Waals surface area contributed by atoms with Gasteiger partial charge in [0.15, 0.2) is 6.67 Å². The normalized spacial score (nSPS) is 26.0. The standard InChI is InChI=1S/C15H18N2O3/c1-10-2-3-13-12(8-10)14(19)15(20)17(13)9-16-6-4-11(18)5-7-16/h2-3,8,11,18H,4-7,9H2,1H3/p+1. The van der Waals surface area contributed by atoms with Crippen molar-refractivity contribution in [2.24, 2.45) is 0 Å². The van der Waals surface area contributed by atoms with Gasteiger partial charge in [-0.15, -0.1) is 0 Å². The van der Waals surface area contributed by atoms with Crippen LogP contribution in [0.4, 0.5) is 5.69 Å². The zero-order valence-corrected chi connectivity index (χ0v) is 11.6. The van der Waals surface area contributed by atoms with Crippen molar-refractivity contribution in [2.45, 2.75) is 25.9 Å². The van der Waals surface area contributed by atoms with E-state index in [1.165, 1.54) is 4.90 Å². The van der Waals surface area contributed by atoms with Gasteiger partial charge >= 0.3 is 5.91 Å². The maximum absolute atomic E-state index is 12.1. The van der Waals surface area contributed by atoms with Crippen LogP contribution < -0.4 is 9.80 Å². The van der Waals surface area contributed by atoms with Gasteiger partial charge in [0.25, 0.3) is 5.78 Å². The first-order chi connectivity index (χ1) is 9.56. The summed E-state index contributed by atoms with van der Waals surface area (Å²) in [6.45, 7) is 4.09. The number of likely N-dealkylation sites (tertiary alicyclic amines) is 1. The Kier molecular flexibility index (Phi) is 3.31. The number of ketones is 1. The van der Waals surface area contributed by atoms with E-state index < -0.39 is 11.7 Å². The zero-order valence-electron chi connectivity index (χ0n) is 11.6. The van der Waals surface area contributed by atoms with Crippen molar-refractivity contribution < 1.29 is 19.6 Å². The number of Topliss-reactive ketones (excluding diaryl/α,β-unsaturated/α-hetero) is 1. The molecule has 5 nitrogen and oxygen atoms in total. The van der Waals surface area contributed by atoms with Crippen LogP contribution in [0.25, 0.3) is 0 Å². The highest BCUT2D eigenvalue weighted by Crippen LogP contribution is 2.28. The van der Waals surface area contributed by atoms with Gasteiger partial charge in [-0.05, 0) is 19.1 Å². The van der Waals surface area contributed by atoms with Crippen LogP contribution in [0, 0.1) is 6.92 Å². The predicted molar refractivity (Wildman–Crippen MR) is 73.8 cm³/mol. The molecule has 0 bridgehead atoms. The van der Waals surface area contributed by atoms with Crippen molar-refractivity contribution in [3.63, 3.8) is 0 Å². The lowest BCUT2D eigenvalue weighted by Crippen LogP contribution is -3.15. The average molecular weight is 275 g/mol. The number of piperidine rings is 1. The third-order valence-electron chi connectivity index (χ3n) is 4.17. The maximum Gasteiger partial charge on any atom is 0.303 e. The Hall–Kier alpha value is -1.72. The summed E-state index contributed by atoms with van der Waals surface area (Å²) in [6, 6.07) is 5.56. The SMILES string of the molecule is Cc1ccc2c(c1)C(=O)C(=O)N2C[NH+]1CCC(O)CC1. The molecule has 3 rings (SSSR count). The van der Waals surface area contributed by atoms with Crippen molar-refractivity contribution in [2.75, 3.05) is 24.7 Å². The molecule has 0 radical (unpaired) electrons. The van der Waals surface area contributed by atoms with Gasteiger partial charge in [0.05, 0.1) is 30.4 Å². The maximum atomic E-state index is 12.1. The largest absolute Gasteiger partial charge is 0.393 e. The van der Waals surface area contributed by atoms with E-state index in [1.54, 1.807) is 11.0 Å². The molecule has 1 saturated heterocycles. The summed E-state index contributed by atoms with van der Waals surface area (Å²) >= 11 is 0. The highest BCUT2D eigenvalue weighted by atomic mass is 16.3. The first kappa shape index (κ1) is 13.3. The van der Waals surface area contributed by atoms with Crippen LogP contribution in [0.15, 0.2) is 18.2 Å². The van der Waals surface area contributed by atoms with E-state index >= 15 is 0 Å². The van der Waals surface area contributed by atoms with Crippen LogP contribution in [-0.2, 0) is 4.79 Å². The first-order valence-corrected chi connectivity index (χ1v) is 7.05. The summed E-state index contributed by atoms with van der Waals surface area (Å²) in [7, 11) is 0. The molecule has 20 heavy (non-hydrogen) atoms. The number of nitrogens with zero attached hydrogens (tertiary/aromatic N) is 1. The Morgan fingerprint density at radius 3 is 2.70 bits per heavy atom. The van der Waals surface area contributed by atoms with E-state index in [0.29, 0.717) is 12.2 Å². The second-order valence-electron chi connectivity index (χ2n) is 5.72. The van der Waals surface area contributed by atoms with Gasteiger partial charge in [-0.1, -0.05) is 11.6 Å². The van der Waals surface area contributed by atoms with Crippen LogP contribution in [-0.4, -0.2) is 42.7 Å². The minimum Gasteiger partial charge on any atom is -0.393 e. The van der Waals surface area contributed by atoms with E-state index in [2.05, 4.69) is 0 Å². The number of nitrogens with one attached hydrogen (secondary N) is 1. The number of carbonyl (C=O) groups is 2. The number of fused-ring (bicyclic) bond motifs is 1. The van der Waals surface area contributed by atoms with Gasteiger partial charge in [0.2, 0.25) is 0 Å². The fraction of sp³-hybridized carbons (Fsp3) is 0.467. The lowest BCUT2D eigenvalue weighted by Gasteiger charge is -2.29. The topological polar surface area (TPSA) is 62.0 Å². The number of aliphatic hydroxyl groups excluding tert-OH is 1. The quantitative estimate of drug-likeness (QED) is 0.717. The van der Waals surface area contributed by atoms with Gasteiger partial charge in [-0.25, -0.2) is 0 Å². The van der Waals surface area contributed by atoms with Crippen LogP contribution >= 0.6 is 0 Å². The number of amides is 1. The Labute approximate surface area is 117 Å². The summed E-state index contributed by atoms with van der Waals surface area (Å²) in [5.74, 6) is -0.829. The minimum absolute atomic E-state index is 0.218. The molecule has 0 atom stereocenters. The highest BCUT2D eigenvalue weighted by molar-refractivity contribution is 6.52. The number of hydrogen-bond donors (Lipinski definition) is 2. The molecule has 2 heterocycles. The van der Waals surface area contributed by atoms with E-state index in [-0.39, 0.29) is 6.10 Å². The van der Waals surface area contributed by atoms with E-state index in [9.17, 15) is 14.7 Å². The zero-order chi connectivity index (χ0) is 14.3.